The largest absolute Gasteiger partial charge is 0.326 e. The van der Waals surface area contributed by atoms with Crippen LogP contribution < -0.4 is 11.2 Å². The molecule has 0 aliphatic carbocycles. The van der Waals surface area contributed by atoms with Crippen molar-refractivity contribution >= 4 is 5.69 Å². The van der Waals surface area contributed by atoms with Crippen LogP contribution in [-0.4, -0.2) is 9.66 Å². The molecule has 0 bridgehead atoms. The standard InChI is InChI=1S/C16H16N4/c17-10-13-5-4-8-15(9-13)19-20-12-18-11-16(20)14-6-2-1-3-7-14/h1-9,11-12,19H,10,17H2. The van der Waals surface area contributed by atoms with Gasteiger partial charge in [0, 0.05) is 12.1 Å². The zero-order valence-electron chi connectivity index (χ0n) is 11.0. The molecule has 20 heavy (non-hydrogen) atoms. The van der Waals surface area contributed by atoms with Crippen molar-refractivity contribution in [3.63, 3.8) is 0 Å². The number of aromatic nitrogens is 2. The van der Waals surface area contributed by atoms with Gasteiger partial charge in [-0.05, 0) is 17.7 Å². The van der Waals surface area contributed by atoms with Crippen LogP contribution in [0, 0.1) is 0 Å². The van der Waals surface area contributed by atoms with Gasteiger partial charge in [0.15, 0.2) is 0 Å². The quantitative estimate of drug-likeness (QED) is 0.762. The van der Waals surface area contributed by atoms with Crippen LogP contribution in [0.5, 0.6) is 0 Å². The zero-order chi connectivity index (χ0) is 13.8. The molecule has 0 saturated carbocycles. The Morgan fingerprint density at radius 3 is 2.70 bits per heavy atom. The van der Waals surface area contributed by atoms with Crippen molar-refractivity contribution in [2.24, 2.45) is 5.73 Å². The van der Waals surface area contributed by atoms with Crippen molar-refractivity contribution in [3.05, 3.63) is 72.7 Å². The van der Waals surface area contributed by atoms with Gasteiger partial charge in [-0.25, -0.2) is 9.66 Å². The Labute approximate surface area is 117 Å². The lowest BCUT2D eigenvalue weighted by molar-refractivity contribution is 0.959. The molecule has 3 rings (SSSR count). The second kappa shape index (κ2) is 5.59. The van der Waals surface area contributed by atoms with Gasteiger partial charge in [-0.2, -0.15) is 0 Å². The first-order valence-electron chi connectivity index (χ1n) is 6.50. The van der Waals surface area contributed by atoms with Crippen molar-refractivity contribution < 1.29 is 0 Å². The Balaban J connectivity index is 1.90. The summed E-state index contributed by atoms with van der Waals surface area (Å²) in [5.74, 6) is 0. The molecule has 0 radical (unpaired) electrons. The average Bonchev–Trinajstić information content (AvgIpc) is 2.96. The van der Waals surface area contributed by atoms with E-state index in [1.54, 1.807) is 6.33 Å². The SMILES string of the molecule is NCc1cccc(Nn2cncc2-c2ccccc2)c1. The van der Waals surface area contributed by atoms with Gasteiger partial charge >= 0.3 is 0 Å². The lowest BCUT2D eigenvalue weighted by Gasteiger charge is -2.12. The Kier molecular flexibility index (Phi) is 3.48. The molecule has 1 heterocycles. The van der Waals surface area contributed by atoms with Gasteiger partial charge in [-0.3, -0.25) is 5.43 Å². The highest BCUT2D eigenvalue weighted by atomic mass is 15.4. The second-order valence-electron chi connectivity index (χ2n) is 4.53. The van der Waals surface area contributed by atoms with E-state index >= 15 is 0 Å². The number of hydrogen-bond donors (Lipinski definition) is 2. The number of hydrogen-bond acceptors (Lipinski definition) is 3. The van der Waals surface area contributed by atoms with Crippen LogP contribution in [0.15, 0.2) is 67.1 Å². The van der Waals surface area contributed by atoms with E-state index in [-0.39, 0.29) is 0 Å². The molecular weight excluding hydrogens is 248 g/mol. The maximum absolute atomic E-state index is 5.67. The maximum atomic E-state index is 5.67. The third-order valence-corrected chi connectivity index (χ3v) is 3.12. The van der Waals surface area contributed by atoms with Gasteiger partial charge in [-0.1, -0.05) is 42.5 Å². The normalized spacial score (nSPS) is 10.4. The van der Waals surface area contributed by atoms with Gasteiger partial charge in [0.05, 0.1) is 17.6 Å². The molecule has 0 spiro atoms. The van der Waals surface area contributed by atoms with Crippen molar-refractivity contribution in [1.82, 2.24) is 9.66 Å². The van der Waals surface area contributed by atoms with Gasteiger partial charge in [0.2, 0.25) is 0 Å². The fraction of sp³-hybridized carbons (Fsp3) is 0.0625. The fourth-order valence-corrected chi connectivity index (χ4v) is 2.11. The highest BCUT2D eigenvalue weighted by Crippen LogP contribution is 2.19. The summed E-state index contributed by atoms with van der Waals surface area (Å²) in [5.41, 5.74) is 13.2. The number of nitrogens with one attached hydrogen (secondary N) is 1. The van der Waals surface area contributed by atoms with E-state index in [1.165, 1.54) is 0 Å². The van der Waals surface area contributed by atoms with E-state index in [4.69, 9.17) is 5.73 Å². The van der Waals surface area contributed by atoms with Crippen molar-refractivity contribution in [2.45, 2.75) is 6.54 Å². The highest BCUT2D eigenvalue weighted by molar-refractivity contribution is 5.60. The summed E-state index contributed by atoms with van der Waals surface area (Å²) in [7, 11) is 0. The van der Waals surface area contributed by atoms with Gasteiger partial charge in [-0.15, -0.1) is 0 Å². The smallest absolute Gasteiger partial charge is 0.115 e. The molecule has 4 heteroatoms. The van der Waals surface area contributed by atoms with Crippen LogP contribution in [0.1, 0.15) is 5.56 Å². The van der Waals surface area contributed by atoms with Gasteiger partial charge in [0.25, 0.3) is 0 Å². The van der Waals surface area contributed by atoms with Crippen molar-refractivity contribution in [1.29, 1.82) is 0 Å². The van der Waals surface area contributed by atoms with E-state index in [0.717, 1.165) is 22.5 Å². The molecule has 100 valence electrons. The minimum atomic E-state index is 0.533. The molecule has 3 N–H and O–H groups in total. The summed E-state index contributed by atoms with van der Waals surface area (Å²) < 4.78 is 1.91. The van der Waals surface area contributed by atoms with E-state index in [0.29, 0.717) is 6.54 Å². The number of nitrogens with zero attached hydrogens (tertiary/aromatic N) is 2. The number of benzene rings is 2. The highest BCUT2D eigenvalue weighted by Gasteiger charge is 2.04. The number of rotatable bonds is 4. The first kappa shape index (κ1) is 12.4. The molecule has 0 saturated heterocycles. The monoisotopic (exact) mass is 264 g/mol. The van der Waals surface area contributed by atoms with Crippen LogP contribution >= 0.6 is 0 Å². The molecule has 0 aliphatic rings. The lowest BCUT2D eigenvalue weighted by atomic mass is 10.2. The molecule has 0 unspecified atom stereocenters. The summed E-state index contributed by atoms with van der Waals surface area (Å²) >= 11 is 0. The third kappa shape index (κ3) is 2.55. The molecular formula is C16H16N4. The van der Waals surface area contributed by atoms with E-state index < -0.39 is 0 Å². The Morgan fingerprint density at radius 1 is 1.05 bits per heavy atom. The third-order valence-electron chi connectivity index (χ3n) is 3.12. The van der Waals surface area contributed by atoms with E-state index in [9.17, 15) is 0 Å². The predicted molar refractivity (Wildman–Crippen MR) is 81.0 cm³/mol. The molecule has 2 aromatic carbocycles. The molecule has 1 aromatic heterocycles. The van der Waals surface area contributed by atoms with E-state index in [2.05, 4.69) is 22.5 Å². The molecule has 0 amide bonds. The van der Waals surface area contributed by atoms with Crippen LogP contribution in [0.25, 0.3) is 11.3 Å². The van der Waals surface area contributed by atoms with Crippen LogP contribution in [-0.2, 0) is 6.54 Å². The first-order chi connectivity index (χ1) is 9.86. The zero-order valence-corrected chi connectivity index (χ0v) is 11.0. The predicted octanol–water partition coefficient (Wildman–Crippen LogP) is 2.88. The molecule has 0 aliphatic heterocycles. The number of anilines is 1. The number of imidazole rings is 1. The summed E-state index contributed by atoms with van der Waals surface area (Å²) in [6.45, 7) is 0.533. The lowest BCUT2D eigenvalue weighted by Crippen LogP contribution is -2.09. The summed E-state index contributed by atoms with van der Waals surface area (Å²) in [6, 6.07) is 18.2. The second-order valence-corrected chi connectivity index (χ2v) is 4.53. The Bertz CT molecular complexity index is 688. The molecule has 0 fully saturated rings. The van der Waals surface area contributed by atoms with E-state index in [1.807, 2.05) is 53.3 Å². The maximum Gasteiger partial charge on any atom is 0.115 e. The Hall–Kier alpha value is -2.59. The molecule has 0 atom stereocenters. The molecule has 4 nitrogen and oxygen atoms in total. The number of nitrogens with two attached hydrogens (primary N) is 1. The minimum absolute atomic E-state index is 0.533. The van der Waals surface area contributed by atoms with Crippen LogP contribution in [0.2, 0.25) is 0 Å². The summed E-state index contributed by atoms with van der Waals surface area (Å²) in [4.78, 5) is 4.21. The van der Waals surface area contributed by atoms with Crippen molar-refractivity contribution in [2.75, 3.05) is 5.43 Å². The minimum Gasteiger partial charge on any atom is -0.326 e. The summed E-state index contributed by atoms with van der Waals surface area (Å²) in [6.07, 6.45) is 3.60. The van der Waals surface area contributed by atoms with Gasteiger partial charge < -0.3 is 5.73 Å². The van der Waals surface area contributed by atoms with Crippen LogP contribution in [0.3, 0.4) is 0 Å². The Morgan fingerprint density at radius 2 is 1.90 bits per heavy atom. The average molecular weight is 264 g/mol. The van der Waals surface area contributed by atoms with Crippen LogP contribution in [0.4, 0.5) is 5.69 Å². The molecule has 3 aromatic rings. The fourth-order valence-electron chi connectivity index (χ4n) is 2.11. The first-order valence-corrected chi connectivity index (χ1v) is 6.50. The van der Waals surface area contributed by atoms with Crippen molar-refractivity contribution in [3.8, 4) is 11.3 Å². The topological polar surface area (TPSA) is 55.9 Å². The summed E-state index contributed by atoms with van der Waals surface area (Å²) in [5, 5.41) is 0. The van der Waals surface area contributed by atoms with Gasteiger partial charge in [0.1, 0.15) is 6.33 Å².